The highest BCUT2D eigenvalue weighted by atomic mass is 19.4. The van der Waals surface area contributed by atoms with E-state index in [9.17, 15) is 26.3 Å². The molecule has 0 aromatic carbocycles. The third-order valence-electron chi connectivity index (χ3n) is 2.28. The standard InChI is InChI=1S/C9H5F6N3/c10-8(11,12)6-4-1-2-16-3-5(4)17-7(18-6)9(13,14)15/h2H,1,3H2. The minimum atomic E-state index is -5.02. The Balaban J connectivity index is 2.65. The molecule has 0 bridgehead atoms. The summed E-state index contributed by atoms with van der Waals surface area (Å²) < 4.78 is 75.1. The number of aromatic nitrogens is 2. The van der Waals surface area contributed by atoms with E-state index in [-0.39, 0.29) is 24.2 Å². The van der Waals surface area contributed by atoms with Gasteiger partial charge in [-0.05, 0) is 0 Å². The summed E-state index contributed by atoms with van der Waals surface area (Å²) in [6.45, 7) is -0.302. The van der Waals surface area contributed by atoms with Crippen LogP contribution in [0.1, 0.15) is 22.8 Å². The molecule has 9 heteroatoms. The maximum atomic E-state index is 12.6. The number of alkyl halides is 6. The first-order valence-electron chi connectivity index (χ1n) is 4.72. The van der Waals surface area contributed by atoms with Gasteiger partial charge in [-0.2, -0.15) is 26.3 Å². The van der Waals surface area contributed by atoms with E-state index in [1.54, 1.807) is 0 Å². The molecule has 0 saturated carbocycles. The van der Waals surface area contributed by atoms with Crippen LogP contribution in [0.3, 0.4) is 0 Å². The van der Waals surface area contributed by atoms with Crippen molar-refractivity contribution < 1.29 is 26.3 Å². The molecule has 1 aromatic heterocycles. The second-order valence-electron chi connectivity index (χ2n) is 3.54. The summed E-state index contributed by atoms with van der Waals surface area (Å²) in [4.78, 5) is 9.33. The van der Waals surface area contributed by atoms with Crippen molar-refractivity contribution in [2.24, 2.45) is 4.99 Å². The number of halogens is 6. The first-order valence-corrected chi connectivity index (χ1v) is 4.72. The summed E-state index contributed by atoms with van der Waals surface area (Å²) in [5, 5.41) is 0. The average molecular weight is 269 g/mol. The first kappa shape index (κ1) is 12.8. The van der Waals surface area contributed by atoms with Crippen molar-refractivity contribution in [2.45, 2.75) is 25.3 Å². The van der Waals surface area contributed by atoms with Gasteiger partial charge < -0.3 is 0 Å². The monoisotopic (exact) mass is 269 g/mol. The lowest BCUT2D eigenvalue weighted by Crippen LogP contribution is -2.23. The van der Waals surface area contributed by atoms with Gasteiger partial charge in [-0.15, -0.1) is 0 Å². The summed E-state index contributed by atoms with van der Waals surface area (Å²) in [5.74, 6) is -1.79. The van der Waals surface area contributed by atoms with Gasteiger partial charge in [0.25, 0.3) is 0 Å². The Kier molecular flexibility index (Phi) is 2.78. The Hall–Kier alpha value is -1.67. The van der Waals surface area contributed by atoms with Crippen LogP contribution < -0.4 is 0 Å². The number of nitrogens with zero attached hydrogens (tertiary/aromatic N) is 3. The molecule has 0 atom stereocenters. The fraction of sp³-hybridized carbons (Fsp3) is 0.444. The molecule has 0 aliphatic carbocycles. The maximum Gasteiger partial charge on any atom is 0.451 e. The minimum absolute atomic E-state index is 0.220. The van der Waals surface area contributed by atoms with E-state index in [4.69, 9.17) is 0 Å². The van der Waals surface area contributed by atoms with E-state index in [1.807, 2.05) is 0 Å². The van der Waals surface area contributed by atoms with Gasteiger partial charge in [0.15, 0.2) is 5.69 Å². The van der Waals surface area contributed by atoms with E-state index < -0.39 is 23.9 Å². The van der Waals surface area contributed by atoms with E-state index in [0.29, 0.717) is 0 Å². The summed E-state index contributed by atoms with van der Waals surface area (Å²) >= 11 is 0. The topological polar surface area (TPSA) is 38.1 Å². The molecule has 0 N–H and O–H groups in total. The van der Waals surface area contributed by atoms with Crippen LogP contribution in [0.25, 0.3) is 0 Å². The molecule has 2 rings (SSSR count). The zero-order valence-corrected chi connectivity index (χ0v) is 8.60. The van der Waals surface area contributed by atoms with Crippen molar-refractivity contribution in [3.8, 4) is 0 Å². The van der Waals surface area contributed by atoms with Gasteiger partial charge in [0.1, 0.15) is 0 Å². The molecule has 0 unspecified atom stereocenters. The third-order valence-corrected chi connectivity index (χ3v) is 2.28. The SMILES string of the molecule is FC(F)(F)c1nc2c(c(C(F)(F)F)n1)CC=NC2. The quantitative estimate of drug-likeness (QED) is 0.679. The summed E-state index contributed by atoms with van der Waals surface area (Å²) in [7, 11) is 0. The molecule has 98 valence electrons. The highest BCUT2D eigenvalue weighted by Crippen LogP contribution is 2.35. The number of rotatable bonds is 0. The van der Waals surface area contributed by atoms with Crippen molar-refractivity contribution in [1.82, 2.24) is 9.97 Å². The van der Waals surface area contributed by atoms with Crippen molar-refractivity contribution >= 4 is 6.21 Å². The summed E-state index contributed by atoms with van der Waals surface area (Å²) in [6, 6.07) is 0. The van der Waals surface area contributed by atoms with Crippen LogP contribution in [-0.4, -0.2) is 16.2 Å². The van der Waals surface area contributed by atoms with Gasteiger partial charge >= 0.3 is 12.4 Å². The normalized spacial score (nSPS) is 15.7. The highest BCUT2D eigenvalue weighted by molar-refractivity contribution is 5.64. The average Bonchev–Trinajstić information content (AvgIpc) is 2.25. The molecular formula is C9H5F6N3. The number of aliphatic imine (C=N–C) groups is 1. The Labute approximate surface area is 96.6 Å². The maximum absolute atomic E-state index is 12.6. The van der Waals surface area contributed by atoms with Crippen LogP contribution in [0.4, 0.5) is 26.3 Å². The second kappa shape index (κ2) is 3.92. The molecule has 0 amide bonds. The fourth-order valence-corrected chi connectivity index (χ4v) is 1.54. The van der Waals surface area contributed by atoms with Crippen LogP contribution in [0.15, 0.2) is 4.99 Å². The van der Waals surface area contributed by atoms with Crippen molar-refractivity contribution in [2.75, 3.05) is 0 Å². The smallest absolute Gasteiger partial charge is 0.291 e. The zero-order chi connectivity index (χ0) is 13.6. The van der Waals surface area contributed by atoms with Crippen molar-refractivity contribution in [3.63, 3.8) is 0 Å². The second-order valence-corrected chi connectivity index (χ2v) is 3.54. The molecular weight excluding hydrogens is 264 g/mol. The Bertz CT molecular complexity index is 502. The molecule has 0 radical (unpaired) electrons. The lowest BCUT2D eigenvalue weighted by molar-refractivity contribution is -0.153. The largest absolute Gasteiger partial charge is 0.451 e. The van der Waals surface area contributed by atoms with Gasteiger partial charge in [0.05, 0.1) is 12.2 Å². The van der Waals surface area contributed by atoms with Gasteiger partial charge in [-0.1, -0.05) is 0 Å². The first-order chi connectivity index (χ1) is 8.19. The molecule has 1 aliphatic rings. The van der Waals surface area contributed by atoms with Gasteiger partial charge in [-0.25, -0.2) is 9.97 Å². The molecule has 2 heterocycles. The number of hydrogen-bond acceptors (Lipinski definition) is 3. The molecule has 1 aromatic rings. The third kappa shape index (κ3) is 2.29. The lowest BCUT2D eigenvalue weighted by atomic mass is 10.1. The Morgan fingerprint density at radius 2 is 1.61 bits per heavy atom. The van der Waals surface area contributed by atoms with Gasteiger partial charge in [-0.3, -0.25) is 4.99 Å². The molecule has 0 fully saturated rings. The number of hydrogen-bond donors (Lipinski definition) is 0. The van der Waals surface area contributed by atoms with E-state index in [1.165, 1.54) is 6.21 Å². The Morgan fingerprint density at radius 3 is 2.17 bits per heavy atom. The van der Waals surface area contributed by atoms with E-state index in [2.05, 4.69) is 15.0 Å². The highest BCUT2D eigenvalue weighted by Gasteiger charge is 2.42. The lowest BCUT2D eigenvalue weighted by Gasteiger charge is -2.18. The fourth-order valence-electron chi connectivity index (χ4n) is 1.54. The Morgan fingerprint density at radius 1 is 0.944 bits per heavy atom. The number of fused-ring (bicyclic) bond motifs is 1. The summed E-state index contributed by atoms with van der Waals surface area (Å²) in [5.41, 5.74) is -2.20. The van der Waals surface area contributed by atoms with Crippen molar-refractivity contribution in [3.05, 3.63) is 22.8 Å². The predicted octanol–water partition coefficient (Wildman–Crippen LogP) is 2.64. The van der Waals surface area contributed by atoms with Crippen LogP contribution in [0.5, 0.6) is 0 Å². The van der Waals surface area contributed by atoms with Crippen LogP contribution in [0.2, 0.25) is 0 Å². The molecule has 0 spiro atoms. The minimum Gasteiger partial charge on any atom is -0.291 e. The molecule has 18 heavy (non-hydrogen) atoms. The molecule has 0 saturated heterocycles. The van der Waals surface area contributed by atoms with Gasteiger partial charge in [0.2, 0.25) is 5.82 Å². The van der Waals surface area contributed by atoms with Gasteiger partial charge in [0, 0.05) is 18.2 Å². The van der Waals surface area contributed by atoms with Crippen LogP contribution in [0, 0.1) is 0 Å². The predicted molar refractivity (Wildman–Crippen MR) is 47.9 cm³/mol. The molecule has 3 nitrogen and oxygen atoms in total. The van der Waals surface area contributed by atoms with E-state index in [0.717, 1.165) is 0 Å². The van der Waals surface area contributed by atoms with E-state index >= 15 is 0 Å². The van der Waals surface area contributed by atoms with Crippen LogP contribution in [-0.2, 0) is 25.3 Å². The zero-order valence-electron chi connectivity index (χ0n) is 8.60. The summed E-state index contributed by atoms with van der Waals surface area (Å²) in [6.07, 6.45) is -8.98. The van der Waals surface area contributed by atoms with Crippen molar-refractivity contribution in [1.29, 1.82) is 0 Å². The van der Waals surface area contributed by atoms with Crippen LogP contribution >= 0.6 is 0 Å². The molecule has 1 aliphatic heterocycles.